The second-order valence-corrected chi connectivity index (χ2v) is 2.79. The van der Waals surface area contributed by atoms with Crippen molar-refractivity contribution in [2.75, 3.05) is 5.88 Å². The Bertz CT molecular complexity index is 220. The molecule has 0 saturated heterocycles. The quantitative estimate of drug-likeness (QED) is 0.635. The molecular weight excluding hydrogens is 171 g/mol. The van der Waals surface area contributed by atoms with Gasteiger partial charge in [0.05, 0.1) is 12.2 Å². The highest BCUT2D eigenvalue weighted by Crippen LogP contribution is 2.09. The molecule has 1 rings (SSSR count). The Kier molecular flexibility index (Phi) is 2.57. The van der Waals surface area contributed by atoms with E-state index in [1.165, 1.54) is 0 Å². The first kappa shape index (κ1) is 7.89. The third-order valence-corrected chi connectivity index (χ3v) is 1.62. The van der Waals surface area contributed by atoms with Gasteiger partial charge in [-0.05, 0) is 13.0 Å². The van der Waals surface area contributed by atoms with Gasteiger partial charge in [-0.3, -0.25) is 4.68 Å². The second-order valence-electron chi connectivity index (χ2n) is 2.02. The van der Waals surface area contributed by atoms with E-state index in [2.05, 4.69) is 5.10 Å². The first-order valence-corrected chi connectivity index (χ1v) is 3.91. The SMILES string of the molecule is Cc1cc(Cl)n(CCCl)n1. The molecule has 0 N–H and O–H groups in total. The molecule has 10 heavy (non-hydrogen) atoms. The number of hydrogen-bond donors (Lipinski definition) is 0. The third-order valence-electron chi connectivity index (χ3n) is 1.15. The molecule has 0 saturated carbocycles. The molecule has 4 heteroatoms. The van der Waals surface area contributed by atoms with Crippen LogP contribution in [0, 0.1) is 6.92 Å². The molecule has 0 aromatic carbocycles. The van der Waals surface area contributed by atoms with Crippen molar-refractivity contribution >= 4 is 23.2 Å². The van der Waals surface area contributed by atoms with E-state index in [-0.39, 0.29) is 0 Å². The van der Waals surface area contributed by atoms with Gasteiger partial charge >= 0.3 is 0 Å². The van der Waals surface area contributed by atoms with E-state index in [1.807, 2.05) is 13.0 Å². The summed E-state index contributed by atoms with van der Waals surface area (Å²) in [7, 11) is 0. The van der Waals surface area contributed by atoms with Crippen LogP contribution in [-0.4, -0.2) is 15.7 Å². The summed E-state index contributed by atoms with van der Waals surface area (Å²) in [4.78, 5) is 0. The molecule has 1 heterocycles. The standard InChI is InChI=1S/C6H8Cl2N2/c1-5-4-6(8)10(9-5)3-2-7/h4H,2-3H2,1H3. The summed E-state index contributed by atoms with van der Waals surface area (Å²) < 4.78 is 1.68. The number of hydrogen-bond acceptors (Lipinski definition) is 1. The monoisotopic (exact) mass is 178 g/mol. The zero-order valence-corrected chi connectivity index (χ0v) is 7.15. The number of aromatic nitrogens is 2. The summed E-state index contributed by atoms with van der Waals surface area (Å²) in [5.41, 5.74) is 0.926. The number of aryl methyl sites for hydroxylation is 2. The Morgan fingerprint density at radius 1 is 1.70 bits per heavy atom. The lowest BCUT2D eigenvalue weighted by molar-refractivity contribution is 0.658. The van der Waals surface area contributed by atoms with Crippen LogP contribution in [0.15, 0.2) is 6.07 Å². The Morgan fingerprint density at radius 3 is 2.80 bits per heavy atom. The smallest absolute Gasteiger partial charge is 0.127 e. The molecule has 1 aromatic heterocycles. The van der Waals surface area contributed by atoms with E-state index in [4.69, 9.17) is 23.2 Å². The van der Waals surface area contributed by atoms with Gasteiger partial charge in [-0.25, -0.2) is 0 Å². The Morgan fingerprint density at radius 2 is 2.40 bits per heavy atom. The molecule has 0 fully saturated rings. The highest BCUT2D eigenvalue weighted by atomic mass is 35.5. The van der Waals surface area contributed by atoms with Gasteiger partial charge in [0.15, 0.2) is 0 Å². The van der Waals surface area contributed by atoms with Crippen molar-refractivity contribution in [2.24, 2.45) is 0 Å². The van der Waals surface area contributed by atoms with Gasteiger partial charge in [0, 0.05) is 5.88 Å². The molecule has 56 valence electrons. The van der Waals surface area contributed by atoms with Crippen LogP contribution in [0.1, 0.15) is 5.69 Å². The predicted molar refractivity (Wildman–Crippen MR) is 42.7 cm³/mol. The van der Waals surface area contributed by atoms with Crippen molar-refractivity contribution in [3.05, 3.63) is 16.9 Å². The molecule has 0 bridgehead atoms. The lowest BCUT2D eigenvalue weighted by Gasteiger charge is -1.96. The minimum atomic E-state index is 0.543. The van der Waals surface area contributed by atoms with Gasteiger partial charge in [0.2, 0.25) is 0 Å². The fourth-order valence-corrected chi connectivity index (χ4v) is 1.19. The maximum Gasteiger partial charge on any atom is 0.127 e. The molecule has 0 amide bonds. The Hall–Kier alpha value is -0.210. The van der Waals surface area contributed by atoms with Crippen LogP contribution in [0.25, 0.3) is 0 Å². The van der Waals surface area contributed by atoms with E-state index < -0.39 is 0 Å². The van der Waals surface area contributed by atoms with Crippen LogP contribution in [0.5, 0.6) is 0 Å². The second kappa shape index (κ2) is 3.26. The van der Waals surface area contributed by atoms with Gasteiger partial charge in [0.25, 0.3) is 0 Å². The predicted octanol–water partition coefficient (Wildman–Crippen LogP) is 2.08. The highest BCUT2D eigenvalue weighted by molar-refractivity contribution is 6.29. The fourth-order valence-electron chi connectivity index (χ4n) is 0.751. The molecular formula is C6H8Cl2N2. The van der Waals surface area contributed by atoms with Gasteiger partial charge in [-0.1, -0.05) is 11.6 Å². The molecule has 0 aliphatic carbocycles. The molecule has 0 atom stereocenters. The van der Waals surface area contributed by atoms with Crippen molar-refractivity contribution in [1.29, 1.82) is 0 Å². The van der Waals surface area contributed by atoms with Crippen molar-refractivity contribution in [2.45, 2.75) is 13.5 Å². The third kappa shape index (κ3) is 1.64. The average Bonchev–Trinajstić information content (AvgIpc) is 2.13. The van der Waals surface area contributed by atoms with Gasteiger partial charge in [-0.2, -0.15) is 5.10 Å². The van der Waals surface area contributed by atoms with Gasteiger partial charge < -0.3 is 0 Å². The van der Waals surface area contributed by atoms with Crippen LogP contribution in [-0.2, 0) is 6.54 Å². The molecule has 2 nitrogen and oxygen atoms in total. The maximum absolute atomic E-state index is 5.77. The van der Waals surface area contributed by atoms with Crippen LogP contribution < -0.4 is 0 Å². The normalized spacial score (nSPS) is 10.3. The van der Waals surface area contributed by atoms with Crippen molar-refractivity contribution in [3.63, 3.8) is 0 Å². The minimum Gasteiger partial charge on any atom is -0.253 e. The fraction of sp³-hybridized carbons (Fsp3) is 0.500. The largest absolute Gasteiger partial charge is 0.253 e. The summed E-state index contributed by atoms with van der Waals surface area (Å²) in [6, 6.07) is 1.81. The molecule has 0 unspecified atom stereocenters. The number of halogens is 2. The van der Waals surface area contributed by atoms with Crippen LogP contribution in [0.2, 0.25) is 5.15 Å². The molecule has 0 aliphatic heterocycles. The molecule has 0 radical (unpaired) electrons. The van der Waals surface area contributed by atoms with Crippen LogP contribution >= 0.6 is 23.2 Å². The topological polar surface area (TPSA) is 17.8 Å². The maximum atomic E-state index is 5.77. The van der Waals surface area contributed by atoms with E-state index in [0.29, 0.717) is 17.6 Å². The first-order valence-electron chi connectivity index (χ1n) is 3.00. The summed E-state index contributed by atoms with van der Waals surface area (Å²) in [5, 5.41) is 4.75. The average molecular weight is 179 g/mol. The van der Waals surface area contributed by atoms with Crippen LogP contribution in [0.4, 0.5) is 0 Å². The molecule has 0 spiro atoms. The molecule has 1 aromatic rings. The Balaban J connectivity index is 2.81. The highest BCUT2D eigenvalue weighted by Gasteiger charge is 1.99. The minimum absolute atomic E-state index is 0.543. The van der Waals surface area contributed by atoms with E-state index in [1.54, 1.807) is 4.68 Å². The van der Waals surface area contributed by atoms with Crippen molar-refractivity contribution < 1.29 is 0 Å². The van der Waals surface area contributed by atoms with E-state index in [9.17, 15) is 0 Å². The lowest BCUT2D eigenvalue weighted by atomic mass is 10.5. The van der Waals surface area contributed by atoms with Crippen molar-refractivity contribution in [1.82, 2.24) is 9.78 Å². The summed E-state index contributed by atoms with van der Waals surface area (Å²) in [5.74, 6) is 0.543. The molecule has 0 aliphatic rings. The number of rotatable bonds is 2. The lowest BCUT2D eigenvalue weighted by Crippen LogP contribution is -2.00. The summed E-state index contributed by atoms with van der Waals surface area (Å²) >= 11 is 11.3. The van der Waals surface area contributed by atoms with Gasteiger partial charge in [0.1, 0.15) is 5.15 Å². The number of alkyl halides is 1. The summed E-state index contributed by atoms with van der Waals surface area (Å²) in [6.45, 7) is 2.57. The van der Waals surface area contributed by atoms with E-state index >= 15 is 0 Å². The zero-order chi connectivity index (χ0) is 7.56. The summed E-state index contributed by atoms with van der Waals surface area (Å²) in [6.07, 6.45) is 0. The van der Waals surface area contributed by atoms with Gasteiger partial charge in [-0.15, -0.1) is 11.6 Å². The van der Waals surface area contributed by atoms with Crippen molar-refractivity contribution in [3.8, 4) is 0 Å². The first-order chi connectivity index (χ1) is 4.74. The zero-order valence-electron chi connectivity index (χ0n) is 5.64. The number of nitrogens with zero attached hydrogens (tertiary/aromatic N) is 2. The Labute approximate surface area is 69.7 Å². The van der Waals surface area contributed by atoms with E-state index in [0.717, 1.165) is 5.69 Å². The van der Waals surface area contributed by atoms with Crippen LogP contribution in [0.3, 0.4) is 0 Å².